The molecule has 1 fully saturated rings. The van der Waals surface area contributed by atoms with Crippen LogP contribution in [0.1, 0.15) is 57.8 Å². The molecule has 0 aliphatic carbocycles. The minimum atomic E-state index is -4.94. The topological polar surface area (TPSA) is 86.8 Å². The predicted molar refractivity (Wildman–Crippen MR) is 99.8 cm³/mol. The average molecular weight is 425 g/mol. The van der Waals surface area contributed by atoms with Crippen molar-refractivity contribution in [3.05, 3.63) is 34.9 Å². The number of likely N-dealkylation sites (tertiary alicyclic amines) is 1. The first-order chi connectivity index (χ1) is 14.0. The number of nitrogens with one attached hydrogen (secondary N) is 1. The Balaban J connectivity index is 1.66. The minimum Gasteiger partial charge on any atom is -0.345 e. The van der Waals surface area contributed by atoms with Crippen molar-refractivity contribution < 1.29 is 32.3 Å². The summed E-state index contributed by atoms with van der Waals surface area (Å²) >= 11 is 0. The first-order valence-corrected chi connectivity index (χ1v) is 9.66. The third-order valence-electron chi connectivity index (χ3n) is 5.14. The molecule has 1 aromatic carbocycles. The van der Waals surface area contributed by atoms with Crippen molar-refractivity contribution in [3.63, 3.8) is 0 Å². The Hall–Kier alpha value is -2.91. The lowest BCUT2D eigenvalue weighted by Crippen LogP contribution is -2.49. The zero-order valence-electron chi connectivity index (χ0n) is 16.6. The van der Waals surface area contributed by atoms with Crippen LogP contribution < -0.4 is 5.32 Å². The van der Waals surface area contributed by atoms with Crippen LogP contribution in [-0.2, 0) is 4.79 Å². The highest BCUT2D eigenvalue weighted by Gasteiger charge is 2.40. The van der Waals surface area contributed by atoms with Gasteiger partial charge in [0.25, 0.3) is 17.7 Å². The van der Waals surface area contributed by atoms with Gasteiger partial charge >= 0.3 is 12.1 Å². The van der Waals surface area contributed by atoms with Crippen LogP contribution in [0.25, 0.3) is 0 Å². The van der Waals surface area contributed by atoms with Gasteiger partial charge in [-0.05, 0) is 37.0 Å². The Morgan fingerprint density at radius 1 is 1.10 bits per heavy atom. The smallest absolute Gasteiger partial charge is 0.345 e. The summed E-state index contributed by atoms with van der Waals surface area (Å²) in [5.41, 5.74) is 0.670. The SMILES string of the molecule is CC(C)CN1C(=O)c2ccc(C(=O)N3CCC(NC(=O)C(F)(F)F)CC3)cc2C1=O. The molecule has 30 heavy (non-hydrogen) atoms. The molecule has 0 atom stereocenters. The molecule has 1 N–H and O–H groups in total. The molecule has 1 saturated heterocycles. The normalized spacial score (nSPS) is 17.5. The van der Waals surface area contributed by atoms with E-state index in [1.165, 1.54) is 28.0 Å². The Kier molecular flexibility index (Phi) is 5.87. The number of alkyl halides is 3. The molecule has 2 aliphatic heterocycles. The fraction of sp³-hybridized carbons (Fsp3) is 0.500. The van der Waals surface area contributed by atoms with E-state index in [9.17, 15) is 32.3 Å². The summed E-state index contributed by atoms with van der Waals surface area (Å²) in [5, 5.41) is 1.93. The van der Waals surface area contributed by atoms with Crippen molar-refractivity contribution in [2.45, 2.75) is 38.9 Å². The first-order valence-electron chi connectivity index (χ1n) is 9.66. The molecular formula is C20H22F3N3O4. The second-order valence-electron chi connectivity index (χ2n) is 7.91. The molecule has 10 heteroatoms. The Morgan fingerprint density at radius 2 is 1.70 bits per heavy atom. The number of benzene rings is 1. The fourth-order valence-corrected chi connectivity index (χ4v) is 3.63. The summed E-state index contributed by atoms with van der Waals surface area (Å²) in [6.45, 7) is 4.40. The van der Waals surface area contributed by atoms with Crippen molar-refractivity contribution in [1.82, 2.24) is 15.1 Å². The van der Waals surface area contributed by atoms with E-state index in [4.69, 9.17) is 0 Å². The zero-order chi connectivity index (χ0) is 22.2. The van der Waals surface area contributed by atoms with Gasteiger partial charge in [-0.15, -0.1) is 0 Å². The van der Waals surface area contributed by atoms with Gasteiger partial charge in [-0.3, -0.25) is 24.1 Å². The van der Waals surface area contributed by atoms with E-state index in [-0.39, 0.29) is 66.9 Å². The van der Waals surface area contributed by atoms with Crippen LogP contribution in [0.3, 0.4) is 0 Å². The molecule has 2 aliphatic rings. The van der Waals surface area contributed by atoms with Crippen molar-refractivity contribution >= 4 is 23.6 Å². The van der Waals surface area contributed by atoms with Crippen LogP contribution in [0.15, 0.2) is 18.2 Å². The van der Waals surface area contributed by atoms with Crippen LogP contribution in [-0.4, -0.2) is 65.3 Å². The molecule has 0 bridgehead atoms. The predicted octanol–water partition coefficient (Wildman–Crippen LogP) is 2.22. The van der Waals surface area contributed by atoms with E-state index in [0.717, 1.165) is 0 Å². The largest absolute Gasteiger partial charge is 0.471 e. The number of halogens is 3. The lowest BCUT2D eigenvalue weighted by Gasteiger charge is -2.32. The van der Waals surface area contributed by atoms with E-state index >= 15 is 0 Å². The second-order valence-corrected chi connectivity index (χ2v) is 7.91. The zero-order valence-corrected chi connectivity index (χ0v) is 16.6. The average Bonchev–Trinajstić information content (AvgIpc) is 2.91. The standard InChI is InChI=1S/C20H22F3N3O4/c1-11(2)10-26-17(28)14-4-3-12(9-15(14)18(26)29)16(27)25-7-5-13(6-8-25)24-19(30)20(21,22)23/h3-4,9,11,13H,5-8,10H2,1-2H3,(H,24,30). The summed E-state index contributed by atoms with van der Waals surface area (Å²) < 4.78 is 37.1. The van der Waals surface area contributed by atoms with Gasteiger partial charge in [-0.25, -0.2) is 0 Å². The number of hydrogen-bond acceptors (Lipinski definition) is 4. The van der Waals surface area contributed by atoms with E-state index in [2.05, 4.69) is 0 Å². The van der Waals surface area contributed by atoms with Crippen LogP contribution in [0.2, 0.25) is 0 Å². The number of hydrogen-bond donors (Lipinski definition) is 1. The first kappa shape index (κ1) is 21.8. The Labute approximate surface area is 171 Å². The third-order valence-corrected chi connectivity index (χ3v) is 5.14. The quantitative estimate of drug-likeness (QED) is 0.750. The lowest BCUT2D eigenvalue weighted by atomic mass is 10.0. The van der Waals surface area contributed by atoms with Gasteiger partial charge in [-0.2, -0.15) is 13.2 Å². The molecule has 1 aromatic rings. The van der Waals surface area contributed by atoms with Crippen LogP contribution in [0.5, 0.6) is 0 Å². The molecule has 0 aromatic heterocycles. The molecular weight excluding hydrogens is 403 g/mol. The lowest BCUT2D eigenvalue weighted by molar-refractivity contribution is -0.174. The number of nitrogens with zero attached hydrogens (tertiary/aromatic N) is 2. The van der Waals surface area contributed by atoms with E-state index in [1.807, 2.05) is 19.2 Å². The Bertz CT molecular complexity index is 890. The molecule has 0 spiro atoms. The minimum absolute atomic E-state index is 0.104. The molecule has 0 radical (unpaired) electrons. The number of amides is 4. The molecule has 0 saturated carbocycles. The molecule has 162 valence electrons. The molecule has 2 heterocycles. The summed E-state index contributed by atoms with van der Waals surface area (Å²) in [6, 6.07) is 3.67. The van der Waals surface area contributed by atoms with Gasteiger partial charge in [0, 0.05) is 31.2 Å². The van der Waals surface area contributed by atoms with E-state index < -0.39 is 24.0 Å². The number of imide groups is 1. The Morgan fingerprint density at radius 3 is 2.27 bits per heavy atom. The molecule has 3 rings (SSSR count). The third kappa shape index (κ3) is 4.31. The highest BCUT2D eigenvalue weighted by atomic mass is 19.4. The number of carbonyl (C=O) groups is 4. The highest BCUT2D eigenvalue weighted by molar-refractivity contribution is 6.22. The van der Waals surface area contributed by atoms with Crippen molar-refractivity contribution in [3.8, 4) is 0 Å². The van der Waals surface area contributed by atoms with Crippen molar-refractivity contribution in [2.24, 2.45) is 5.92 Å². The highest BCUT2D eigenvalue weighted by Crippen LogP contribution is 2.26. The maximum absolute atomic E-state index is 12.8. The molecule has 0 unspecified atom stereocenters. The van der Waals surface area contributed by atoms with E-state index in [1.54, 1.807) is 0 Å². The number of carbonyl (C=O) groups excluding carboxylic acids is 4. The van der Waals surface area contributed by atoms with Gasteiger partial charge in [0.2, 0.25) is 0 Å². The summed E-state index contributed by atoms with van der Waals surface area (Å²) in [6.07, 6.45) is -4.55. The summed E-state index contributed by atoms with van der Waals surface area (Å²) in [7, 11) is 0. The fourth-order valence-electron chi connectivity index (χ4n) is 3.63. The van der Waals surface area contributed by atoms with Crippen molar-refractivity contribution in [2.75, 3.05) is 19.6 Å². The monoisotopic (exact) mass is 425 g/mol. The van der Waals surface area contributed by atoms with Crippen molar-refractivity contribution in [1.29, 1.82) is 0 Å². The van der Waals surface area contributed by atoms with Crippen LogP contribution >= 0.6 is 0 Å². The maximum atomic E-state index is 12.8. The van der Waals surface area contributed by atoms with Gasteiger partial charge < -0.3 is 10.2 Å². The van der Waals surface area contributed by atoms with Crippen LogP contribution in [0.4, 0.5) is 13.2 Å². The molecule has 4 amide bonds. The summed E-state index contributed by atoms with van der Waals surface area (Å²) in [5.74, 6) is -3.08. The van der Waals surface area contributed by atoms with Gasteiger partial charge in [0.1, 0.15) is 0 Å². The molecule has 7 nitrogen and oxygen atoms in total. The number of fused-ring (bicyclic) bond motifs is 1. The maximum Gasteiger partial charge on any atom is 0.471 e. The van der Waals surface area contributed by atoms with Gasteiger partial charge in [-0.1, -0.05) is 13.8 Å². The van der Waals surface area contributed by atoms with Gasteiger partial charge in [0.05, 0.1) is 11.1 Å². The summed E-state index contributed by atoms with van der Waals surface area (Å²) in [4.78, 5) is 51.4. The number of rotatable bonds is 4. The van der Waals surface area contributed by atoms with Crippen LogP contribution in [0, 0.1) is 5.92 Å². The van der Waals surface area contributed by atoms with E-state index in [0.29, 0.717) is 0 Å². The van der Waals surface area contributed by atoms with Gasteiger partial charge in [0.15, 0.2) is 0 Å². The second kappa shape index (κ2) is 8.08. The number of piperidine rings is 1.